The monoisotopic (exact) mass is 745 g/mol. The molecule has 0 saturated carbocycles. The zero-order chi connectivity index (χ0) is 39.0. The van der Waals surface area contributed by atoms with Crippen LogP contribution >= 0.6 is 0 Å². The molecule has 2 heteroatoms. The molecule has 0 radical (unpaired) electrons. The molecule has 0 N–H and O–H groups in total. The molecule has 0 amide bonds. The number of anilines is 3. The van der Waals surface area contributed by atoms with E-state index in [4.69, 9.17) is 0 Å². The van der Waals surface area contributed by atoms with Gasteiger partial charge in [0, 0.05) is 22.5 Å². The molecule has 3 aliphatic rings. The summed E-state index contributed by atoms with van der Waals surface area (Å²) in [6.45, 7) is 4.42. The van der Waals surface area contributed by atoms with E-state index in [0.29, 0.717) is 6.42 Å². The average molecular weight is 746 g/mol. The average Bonchev–Trinajstić information content (AvgIpc) is 3.90. The van der Waals surface area contributed by atoms with E-state index < -0.39 is 5.41 Å². The van der Waals surface area contributed by atoms with E-state index in [1.54, 1.807) is 6.08 Å². The molecule has 11 rings (SSSR count). The lowest BCUT2D eigenvalue weighted by molar-refractivity contribution is 0.674. The highest BCUT2D eigenvalue weighted by molar-refractivity contribution is 6.03. The number of hydrogen-bond acceptors (Lipinski definition) is 1. The summed E-state index contributed by atoms with van der Waals surface area (Å²) in [5.74, 6) is -0.111. The van der Waals surface area contributed by atoms with Gasteiger partial charge in [-0.1, -0.05) is 163 Å². The number of fused-ring (bicyclic) bond motifs is 9. The summed E-state index contributed by atoms with van der Waals surface area (Å²) in [4.78, 5) is 2.40. The predicted octanol–water partition coefficient (Wildman–Crippen LogP) is 15.1. The number of hydrogen-bond donors (Lipinski definition) is 0. The van der Waals surface area contributed by atoms with Crippen molar-refractivity contribution in [2.24, 2.45) is 0 Å². The fraction of sp³-hybridized carbons (Fsp3) is 0.0714. The van der Waals surface area contributed by atoms with Gasteiger partial charge in [0.15, 0.2) is 0 Å². The van der Waals surface area contributed by atoms with Crippen molar-refractivity contribution < 1.29 is 4.39 Å². The molecule has 0 fully saturated rings. The fourth-order valence-electron chi connectivity index (χ4n) is 10.3. The third-order valence-electron chi connectivity index (χ3n) is 12.6. The number of halogens is 1. The summed E-state index contributed by atoms with van der Waals surface area (Å²) < 4.78 is 16.1. The largest absolute Gasteiger partial charge is 0.310 e. The van der Waals surface area contributed by atoms with Gasteiger partial charge in [0.25, 0.3) is 0 Å². The maximum atomic E-state index is 16.1. The topological polar surface area (TPSA) is 3.24 Å². The lowest BCUT2D eigenvalue weighted by Gasteiger charge is -2.35. The Morgan fingerprint density at radius 1 is 0.483 bits per heavy atom. The van der Waals surface area contributed by atoms with Crippen LogP contribution in [0.2, 0.25) is 0 Å². The van der Waals surface area contributed by atoms with E-state index >= 15 is 4.39 Å². The second kappa shape index (κ2) is 13.3. The van der Waals surface area contributed by atoms with Gasteiger partial charge in [-0.2, -0.15) is 0 Å². The second-order valence-corrected chi connectivity index (χ2v) is 15.8. The van der Waals surface area contributed by atoms with Crippen LogP contribution in [0.25, 0.3) is 50.1 Å². The quantitative estimate of drug-likeness (QED) is 0.164. The first-order chi connectivity index (χ1) is 28.5. The Kier molecular flexibility index (Phi) is 7.84. The Hall–Kier alpha value is -7.03. The van der Waals surface area contributed by atoms with Crippen LogP contribution in [0, 0.1) is 13.8 Å². The minimum absolute atomic E-state index is 0.111. The van der Waals surface area contributed by atoms with Gasteiger partial charge in [0.2, 0.25) is 0 Å². The molecule has 0 aromatic heterocycles. The third-order valence-corrected chi connectivity index (χ3v) is 12.6. The van der Waals surface area contributed by atoms with Gasteiger partial charge in [-0.05, 0) is 129 Å². The van der Waals surface area contributed by atoms with Crippen LogP contribution in [0.1, 0.15) is 39.8 Å². The standard InChI is InChI=1S/C56H40FN/c1-36-34-37(2)53-47-21-13-20-45(55(47)56(50(53)35-36)48-22-11-9-19-46(48)54-49(56)32-33-51(54)57)44-18-10-12-23-52(44)58(42-28-24-40(25-29-42)38-14-5-3-6-15-38)43-30-26-41(27-31-43)39-16-7-4-8-17-39/h3-31,33-35H,32H2,1-2H3. The van der Waals surface area contributed by atoms with Crippen LogP contribution in [-0.4, -0.2) is 0 Å². The number of rotatable bonds is 6. The summed E-state index contributed by atoms with van der Waals surface area (Å²) in [6.07, 6.45) is 2.37. The van der Waals surface area contributed by atoms with Gasteiger partial charge >= 0.3 is 0 Å². The van der Waals surface area contributed by atoms with E-state index in [1.807, 2.05) is 0 Å². The van der Waals surface area contributed by atoms with Gasteiger partial charge in [-0.3, -0.25) is 0 Å². The van der Waals surface area contributed by atoms with Crippen molar-refractivity contribution >= 4 is 22.6 Å². The summed E-state index contributed by atoms with van der Waals surface area (Å²) in [5.41, 5.74) is 21.1. The Bertz CT molecular complexity index is 2890. The first-order valence-corrected chi connectivity index (χ1v) is 20.2. The van der Waals surface area contributed by atoms with Crippen molar-refractivity contribution in [2.75, 3.05) is 4.90 Å². The Labute approximate surface area is 339 Å². The fourth-order valence-corrected chi connectivity index (χ4v) is 10.3. The highest BCUT2D eigenvalue weighted by Gasteiger charge is 2.55. The number of benzene rings is 8. The number of allylic oxidation sites excluding steroid dienone is 4. The molecule has 0 heterocycles. The van der Waals surface area contributed by atoms with Gasteiger partial charge in [-0.25, -0.2) is 4.39 Å². The lowest BCUT2D eigenvalue weighted by Crippen LogP contribution is -2.28. The molecule has 58 heavy (non-hydrogen) atoms. The van der Waals surface area contributed by atoms with Crippen LogP contribution in [-0.2, 0) is 5.41 Å². The van der Waals surface area contributed by atoms with Gasteiger partial charge < -0.3 is 4.90 Å². The second-order valence-electron chi connectivity index (χ2n) is 15.8. The SMILES string of the molecule is Cc1cc(C)c2c(c1)C1(C3=C(C(F)=CC3)c3ccccc31)c1c(-c3ccccc3N(c3ccc(-c4ccccc4)cc3)c3ccc(-c4ccccc4)cc3)cccc1-2. The van der Waals surface area contributed by atoms with Crippen molar-refractivity contribution in [1.82, 2.24) is 0 Å². The molecule has 1 unspecified atom stereocenters. The van der Waals surface area contributed by atoms with Crippen molar-refractivity contribution in [3.05, 3.63) is 239 Å². The normalized spacial score (nSPS) is 15.9. The van der Waals surface area contributed by atoms with Crippen LogP contribution in [0.3, 0.4) is 0 Å². The molecule has 8 aromatic rings. The van der Waals surface area contributed by atoms with Crippen LogP contribution in [0.5, 0.6) is 0 Å². The van der Waals surface area contributed by atoms with E-state index in [-0.39, 0.29) is 5.83 Å². The summed E-state index contributed by atoms with van der Waals surface area (Å²) >= 11 is 0. The Morgan fingerprint density at radius 3 is 1.67 bits per heavy atom. The van der Waals surface area contributed by atoms with Crippen molar-refractivity contribution in [1.29, 1.82) is 0 Å². The van der Waals surface area contributed by atoms with Crippen molar-refractivity contribution in [3.8, 4) is 44.5 Å². The zero-order valence-electron chi connectivity index (χ0n) is 32.5. The molecule has 276 valence electrons. The van der Waals surface area contributed by atoms with Gasteiger partial charge in [0.1, 0.15) is 5.83 Å². The molecule has 0 aliphatic heterocycles. The molecule has 1 nitrogen and oxygen atoms in total. The van der Waals surface area contributed by atoms with Gasteiger partial charge in [-0.15, -0.1) is 0 Å². The van der Waals surface area contributed by atoms with Crippen LogP contribution < -0.4 is 4.90 Å². The molecular formula is C56H40FN. The van der Waals surface area contributed by atoms with Crippen LogP contribution in [0.15, 0.2) is 206 Å². The zero-order valence-corrected chi connectivity index (χ0v) is 32.5. The Morgan fingerprint density at radius 2 is 1.02 bits per heavy atom. The van der Waals surface area contributed by atoms with Gasteiger partial charge in [0.05, 0.1) is 11.1 Å². The highest BCUT2D eigenvalue weighted by atomic mass is 19.1. The van der Waals surface area contributed by atoms with Crippen LogP contribution in [0.4, 0.5) is 21.5 Å². The first kappa shape index (κ1) is 34.2. The van der Waals surface area contributed by atoms with E-state index in [0.717, 1.165) is 44.9 Å². The molecule has 3 aliphatic carbocycles. The minimum Gasteiger partial charge on any atom is -0.310 e. The molecule has 1 atom stereocenters. The molecule has 8 aromatic carbocycles. The maximum Gasteiger partial charge on any atom is 0.127 e. The smallest absolute Gasteiger partial charge is 0.127 e. The van der Waals surface area contributed by atoms with E-state index in [1.165, 1.54) is 61.2 Å². The van der Waals surface area contributed by atoms with E-state index in [2.05, 4.69) is 207 Å². The van der Waals surface area contributed by atoms with Crippen molar-refractivity contribution in [2.45, 2.75) is 25.7 Å². The number of nitrogens with zero attached hydrogens (tertiary/aromatic N) is 1. The summed E-state index contributed by atoms with van der Waals surface area (Å²) in [7, 11) is 0. The molecule has 0 bridgehead atoms. The highest BCUT2D eigenvalue weighted by Crippen LogP contribution is 2.67. The minimum atomic E-state index is -0.638. The molecule has 1 spiro atoms. The maximum absolute atomic E-state index is 16.1. The van der Waals surface area contributed by atoms with Crippen molar-refractivity contribution in [3.63, 3.8) is 0 Å². The lowest BCUT2D eigenvalue weighted by atomic mass is 9.67. The number of para-hydroxylation sites is 1. The predicted molar refractivity (Wildman–Crippen MR) is 239 cm³/mol. The Balaban J connectivity index is 1.16. The van der Waals surface area contributed by atoms with E-state index in [9.17, 15) is 0 Å². The molecule has 0 saturated heterocycles. The number of aryl methyl sites for hydroxylation is 2. The summed E-state index contributed by atoms with van der Waals surface area (Å²) in [6, 6.07) is 67.8. The molecular weight excluding hydrogens is 706 g/mol. The third kappa shape index (κ3) is 5.01. The first-order valence-electron chi connectivity index (χ1n) is 20.2. The summed E-state index contributed by atoms with van der Waals surface area (Å²) in [5, 5.41) is 0.